The van der Waals surface area contributed by atoms with Gasteiger partial charge in [0.15, 0.2) is 0 Å². The zero-order chi connectivity index (χ0) is 13.6. The number of ether oxygens (including phenoxy) is 2. The van der Waals surface area contributed by atoms with Crippen LogP contribution in [0.25, 0.3) is 0 Å². The third-order valence-electron chi connectivity index (χ3n) is 3.07. The topological polar surface area (TPSA) is 55.8 Å². The summed E-state index contributed by atoms with van der Waals surface area (Å²) >= 11 is 0. The predicted molar refractivity (Wildman–Crippen MR) is 69.2 cm³/mol. The molecule has 106 valence electrons. The quantitative estimate of drug-likeness (QED) is 0.607. The second-order valence-corrected chi connectivity index (χ2v) is 5.96. The minimum atomic E-state index is -0.397. The Kier molecular flexibility index (Phi) is 6.09. The van der Waals surface area contributed by atoms with Crippen LogP contribution in [0.2, 0.25) is 0 Å². The number of carbonyl (C=O) groups excluding carboxylic acids is 1. The molecule has 1 aliphatic rings. The summed E-state index contributed by atoms with van der Waals surface area (Å²) in [4.78, 5) is 11.9. The Labute approximate surface area is 110 Å². The minimum Gasteiger partial charge on any atom is -0.460 e. The summed E-state index contributed by atoms with van der Waals surface area (Å²) in [5.74, 6) is -0.0433. The number of carbonyl (C=O) groups is 1. The fraction of sp³-hybridized carbons (Fsp3) is 0.929. The number of hydrogen-bond acceptors (Lipinski definition) is 4. The van der Waals surface area contributed by atoms with Crippen LogP contribution in [0.15, 0.2) is 0 Å². The van der Waals surface area contributed by atoms with Gasteiger partial charge in [0, 0.05) is 13.2 Å². The molecule has 1 rings (SSSR count). The molecule has 0 spiro atoms. The van der Waals surface area contributed by atoms with Crippen molar-refractivity contribution in [1.29, 1.82) is 0 Å². The maximum absolute atomic E-state index is 11.9. The van der Waals surface area contributed by atoms with Crippen molar-refractivity contribution in [2.24, 2.45) is 5.92 Å². The van der Waals surface area contributed by atoms with Gasteiger partial charge in [-0.3, -0.25) is 4.79 Å². The van der Waals surface area contributed by atoms with E-state index < -0.39 is 5.60 Å². The van der Waals surface area contributed by atoms with E-state index in [1.54, 1.807) is 0 Å². The molecule has 0 unspecified atom stereocenters. The van der Waals surface area contributed by atoms with Gasteiger partial charge in [-0.15, -0.1) is 0 Å². The highest BCUT2D eigenvalue weighted by Crippen LogP contribution is 2.28. The van der Waals surface area contributed by atoms with Crippen molar-refractivity contribution >= 4 is 5.97 Å². The molecule has 0 aromatic heterocycles. The molecule has 0 saturated heterocycles. The standard InChI is InChI=1S/C14H26O4/c1-14(2,3)18-13(16)11-5-7-12(8-6-11)17-10-4-9-15/h11-12,15H,4-10H2,1-3H3/t11-,12-. The van der Waals surface area contributed by atoms with Crippen LogP contribution in [-0.4, -0.2) is 36.0 Å². The first-order valence-electron chi connectivity index (χ1n) is 6.87. The second-order valence-electron chi connectivity index (χ2n) is 5.96. The van der Waals surface area contributed by atoms with Gasteiger partial charge in [-0.2, -0.15) is 0 Å². The van der Waals surface area contributed by atoms with Crippen LogP contribution in [0.5, 0.6) is 0 Å². The third kappa shape index (κ3) is 5.83. The SMILES string of the molecule is CC(C)(C)OC(=O)[C@H]1CC[C@H](OCCCO)CC1. The maximum atomic E-state index is 11.9. The molecule has 18 heavy (non-hydrogen) atoms. The second kappa shape index (κ2) is 7.10. The van der Waals surface area contributed by atoms with Gasteiger partial charge in [0.1, 0.15) is 5.60 Å². The lowest BCUT2D eigenvalue weighted by atomic mass is 9.87. The molecule has 0 aromatic carbocycles. The van der Waals surface area contributed by atoms with Crippen LogP contribution >= 0.6 is 0 Å². The minimum absolute atomic E-state index is 0.0296. The molecule has 1 aliphatic carbocycles. The van der Waals surface area contributed by atoms with Crippen LogP contribution < -0.4 is 0 Å². The number of aliphatic hydroxyl groups is 1. The van der Waals surface area contributed by atoms with Gasteiger partial charge < -0.3 is 14.6 Å². The van der Waals surface area contributed by atoms with E-state index in [0.29, 0.717) is 13.0 Å². The largest absolute Gasteiger partial charge is 0.460 e. The van der Waals surface area contributed by atoms with Crippen molar-refractivity contribution in [1.82, 2.24) is 0 Å². The van der Waals surface area contributed by atoms with Crippen molar-refractivity contribution in [2.45, 2.75) is 64.6 Å². The molecule has 1 N–H and O–H groups in total. The van der Waals surface area contributed by atoms with E-state index in [-0.39, 0.29) is 24.6 Å². The Hall–Kier alpha value is -0.610. The molecule has 4 heteroatoms. The molecule has 0 aliphatic heterocycles. The Morgan fingerprint density at radius 1 is 1.22 bits per heavy atom. The highest BCUT2D eigenvalue weighted by Gasteiger charge is 2.30. The van der Waals surface area contributed by atoms with Crippen molar-refractivity contribution in [3.05, 3.63) is 0 Å². The Morgan fingerprint density at radius 3 is 2.33 bits per heavy atom. The van der Waals surface area contributed by atoms with Gasteiger partial charge in [-0.1, -0.05) is 0 Å². The average molecular weight is 258 g/mol. The predicted octanol–water partition coefficient (Wildman–Crippen LogP) is 2.29. The van der Waals surface area contributed by atoms with Crippen LogP contribution in [0.1, 0.15) is 52.9 Å². The number of rotatable bonds is 5. The van der Waals surface area contributed by atoms with E-state index in [1.807, 2.05) is 20.8 Å². The fourth-order valence-corrected chi connectivity index (χ4v) is 2.16. The maximum Gasteiger partial charge on any atom is 0.309 e. The van der Waals surface area contributed by atoms with Crippen molar-refractivity contribution in [2.75, 3.05) is 13.2 Å². The highest BCUT2D eigenvalue weighted by atomic mass is 16.6. The van der Waals surface area contributed by atoms with Crippen molar-refractivity contribution in [3.63, 3.8) is 0 Å². The molecule has 0 aromatic rings. The average Bonchev–Trinajstić information content (AvgIpc) is 2.28. The highest BCUT2D eigenvalue weighted by molar-refractivity contribution is 5.72. The third-order valence-corrected chi connectivity index (χ3v) is 3.07. The lowest BCUT2D eigenvalue weighted by Gasteiger charge is -2.29. The van der Waals surface area contributed by atoms with Crippen molar-refractivity contribution < 1.29 is 19.4 Å². The molecular weight excluding hydrogens is 232 g/mol. The first-order valence-corrected chi connectivity index (χ1v) is 6.87. The molecule has 0 bridgehead atoms. The lowest BCUT2D eigenvalue weighted by Crippen LogP contribution is -2.32. The molecule has 0 amide bonds. The van der Waals surface area contributed by atoms with Gasteiger partial charge >= 0.3 is 5.97 Å². The summed E-state index contributed by atoms with van der Waals surface area (Å²) in [5.41, 5.74) is -0.397. The summed E-state index contributed by atoms with van der Waals surface area (Å²) in [6.45, 7) is 6.48. The van der Waals surface area contributed by atoms with Gasteiger partial charge in [-0.05, 0) is 52.9 Å². The van der Waals surface area contributed by atoms with Crippen LogP contribution in [-0.2, 0) is 14.3 Å². The molecule has 0 heterocycles. The summed E-state index contributed by atoms with van der Waals surface area (Å²) in [6.07, 6.45) is 4.45. The summed E-state index contributed by atoms with van der Waals surface area (Å²) in [7, 11) is 0. The Morgan fingerprint density at radius 2 is 1.83 bits per heavy atom. The van der Waals surface area contributed by atoms with E-state index in [9.17, 15) is 4.79 Å². The van der Waals surface area contributed by atoms with Gasteiger partial charge in [0.05, 0.1) is 12.0 Å². The Balaban J connectivity index is 2.24. The monoisotopic (exact) mass is 258 g/mol. The van der Waals surface area contributed by atoms with E-state index in [4.69, 9.17) is 14.6 Å². The summed E-state index contributed by atoms with van der Waals surface area (Å²) in [6, 6.07) is 0. The summed E-state index contributed by atoms with van der Waals surface area (Å²) in [5, 5.41) is 8.68. The van der Waals surface area contributed by atoms with E-state index in [0.717, 1.165) is 25.7 Å². The molecule has 1 fully saturated rings. The molecule has 0 atom stereocenters. The summed E-state index contributed by atoms with van der Waals surface area (Å²) < 4.78 is 11.0. The first-order chi connectivity index (χ1) is 8.42. The van der Waals surface area contributed by atoms with Crippen LogP contribution in [0.3, 0.4) is 0 Å². The smallest absolute Gasteiger partial charge is 0.309 e. The number of esters is 1. The van der Waals surface area contributed by atoms with Crippen LogP contribution in [0.4, 0.5) is 0 Å². The van der Waals surface area contributed by atoms with E-state index in [2.05, 4.69) is 0 Å². The number of hydrogen-bond donors (Lipinski definition) is 1. The lowest BCUT2D eigenvalue weighted by molar-refractivity contribution is -0.162. The molecule has 1 saturated carbocycles. The number of aliphatic hydroxyl groups excluding tert-OH is 1. The van der Waals surface area contributed by atoms with Crippen molar-refractivity contribution in [3.8, 4) is 0 Å². The van der Waals surface area contributed by atoms with E-state index >= 15 is 0 Å². The van der Waals surface area contributed by atoms with Gasteiger partial charge in [0.2, 0.25) is 0 Å². The van der Waals surface area contributed by atoms with Crippen LogP contribution in [0, 0.1) is 5.92 Å². The van der Waals surface area contributed by atoms with Gasteiger partial charge in [-0.25, -0.2) is 0 Å². The zero-order valence-corrected chi connectivity index (χ0v) is 11.8. The first kappa shape index (κ1) is 15.4. The Bertz CT molecular complexity index is 249. The van der Waals surface area contributed by atoms with Gasteiger partial charge in [0.25, 0.3) is 0 Å². The zero-order valence-electron chi connectivity index (χ0n) is 11.8. The normalized spacial score (nSPS) is 24.9. The van der Waals surface area contributed by atoms with E-state index in [1.165, 1.54) is 0 Å². The molecular formula is C14H26O4. The molecule has 4 nitrogen and oxygen atoms in total. The molecule has 0 radical (unpaired) electrons. The fourth-order valence-electron chi connectivity index (χ4n) is 2.16.